The Bertz CT molecular complexity index is 70.8. The summed E-state index contributed by atoms with van der Waals surface area (Å²) < 4.78 is 22.6. The minimum Gasteiger partial charge on any atom is -0.394 e. The molecule has 0 aliphatic carbocycles. The highest BCUT2D eigenvalue weighted by Gasteiger charge is 1.94. The van der Waals surface area contributed by atoms with Gasteiger partial charge in [-0.25, -0.2) is 8.78 Å². The van der Waals surface area contributed by atoms with E-state index in [0.717, 1.165) is 0 Å². The zero-order valence-electron chi connectivity index (χ0n) is 4.70. The summed E-state index contributed by atoms with van der Waals surface area (Å²) in [4.78, 5) is 0. The fourth-order valence-electron chi connectivity index (χ4n) is 0.289. The molecule has 0 aliphatic heterocycles. The Kier molecular flexibility index (Phi) is 4.21. The fraction of sp³-hybridized carbons (Fsp3) is 0.600. The molecule has 48 valence electrons. The summed E-state index contributed by atoms with van der Waals surface area (Å²) in [6.45, 7) is 0. The van der Waals surface area contributed by atoms with Gasteiger partial charge in [0.05, 0.1) is 0 Å². The van der Waals surface area contributed by atoms with E-state index in [-0.39, 0.29) is 6.42 Å². The Morgan fingerprint density at radius 3 is 2.62 bits per heavy atom. The van der Waals surface area contributed by atoms with Gasteiger partial charge >= 0.3 is 0 Å². The molecule has 1 N–H and O–H groups in total. The van der Waals surface area contributed by atoms with Crippen LogP contribution in [0.1, 0.15) is 6.42 Å². The van der Waals surface area contributed by atoms with Crippen molar-refractivity contribution in [2.45, 2.75) is 12.8 Å². The van der Waals surface area contributed by atoms with Crippen LogP contribution in [0.3, 0.4) is 0 Å². The number of rotatable bonds is 3. The van der Waals surface area contributed by atoms with Crippen molar-refractivity contribution in [1.82, 2.24) is 5.32 Å². The molecule has 0 spiro atoms. The van der Waals surface area contributed by atoms with Crippen LogP contribution in [-0.2, 0) is 0 Å². The van der Waals surface area contributed by atoms with Crippen molar-refractivity contribution in [2.75, 3.05) is 7.05 Å². The Balaban J connectivity index is 3.03. The van der Waals surface area contributed by atoms with Crippen molar-refractivity contribution in [3.63, 3.8) is 0 Å². The van der Waals surface area contributed by atoms with E-state index in [1.54, 1.807) is 7.05 Å². The molecule has 0 amide bonds. The molecular weight excluding hydrogens is 112 g/mol. The van der Waals surface area contributed by atoms with Crippen molar-refractivity contribution in [3.05, 3.63) is 12.3 Å². The van der Waals surface area contributed by atoms with Crippen molar-refractivity contribution in [2.24, 2.45) is 0 Å². The summed E-state index contributed by atoms with van der Waals surface area (Å²) in [5.41, 5.74) is 0. The molecule has 0 aromatic carbocycles. The molecule has 0 heterocycles. The highest BCUT2D eigenvalue weighted by molar-refractivity contribution is 4.78. The normalized spacial score (nSPS) is 11.0. The van der Waals surface area contributed by atoms with Crippen LogP contribution in [0.25, 0.3) is 0 Å². The molecule has 3 heteroatoms. The van der Waals surface area contributed by atoms with Gasteiger partial charge in [-0.3, -0.25) is 0 Å². The number of allylic oxidation sites excluding steroid dienone is 1. The van der Waals surface area contributed by atoms with E-state index in [2.05, 4.69) is 5.32 Å². The lowest BCUT2D eigenvalue weighted by Crippen LogP contribution is -1.92. The van der Waals surface area contributed by atoms with Gasteiger partial charge in [-0.05, 0) is 6.20 Å². The first kappa shape index (κ1) is 7.40. The van der Waals surface area contributed by atoms with Crippen molar-refractivity contribution >= 4 is 0 Å². The van der Waals surface area contributed by atoms with Gasteiger partial charge in [0.15, 0.2) is 0 Å². The summed E-state index contributed by atoms with van der Waals surface area (Å²) in [6.07, 6.45) is 0.497. The monoisotopic (exact) mass is 121 g/mol. The Hall–Kier alpha value is -0.600. The highest BCUT2D eigenvalue weighted by atomic mass is 19.3. The third kappa shape index (κ3) is 5.40. The van der Waals surface area contributed by atoms with Crippen LogP contribution in [0, 0.1) is 0 Å². The molecule has 0 saturated carbocycles. The van der Waals surface area contributed by atoms with Gasteiger partial charge in [-0.2, -0.15) is 0 Å². The molecule has 0 saturated heterocycles. The molecule has 1 nitrogen and oxygen atoms in total. The van der Waals surface area contributed by atoms with E-state index in [0.29, 0.717) is 0 Å². The van der Waals surface area contributed by atoms with Gasteiger partial charge < -0.3 is 5.32 Å². The molecule has 0 aliphatic rings. The molecule has 8 heavy (non-hydrogen) atoms. The second-order valence-corrected chi connectivity index (χ2v) is 1.32. The number of hydrogen-bond donors (Lipinski definition) is 1. The van der Waals surface area contributed by atoms with Crippen LogP contribution in [0.2, 0.25) is 0 Å². The fourth-order valence-corrected chi connectivity index (χ4v) is 0.289. The Morgan fingerprint density at radius 2 is 2.25 bits per heavy atom. The highest BCUT2D eigenvalue weighted by Crippen LogP contribution is 1.97. The summed E-state index contributed by atoms with van der Waals surface area (Å²) >= 11 is 0. The van der Waals surface area contributed by atoms with Crippen molar-refractivity contribution < 1.29 is 8.78 Å². The average molecular weight is 121 g/mol. The van der Waals surface area contributed by atoms with Crippen LogP contribution in [0.4, 0.5) is 8.78 Å². The average Bonchev–Trinajstić information content (AvgIpc) is 1.66. The van der Waals surface area contributed by atoms with Crippen molar-refractivity contribution in [3.8, 4) is 0 Å². The molecule has 0 fully saturated rings. The number of nitrogens with one attached hydrogen (secondary N) is 1. The van der Waals surface area contributed by atoms with E-state index in [1.165, 1.54) is 12.3 Å². The van der Waals surface area contributed by atoms with E-state index >= 15 is 0 Å². The van der Waals surface area contributed by atoms with E-state index in [9.17, 15) is 8.78 Å². The number of alkyl halides is 2. The topological polar surface area (TPSA) is 12.0 Å². The van der Waals surface area contributed by atoms with Crippen molar-refractivity contribution in [1.29, 1.82) is 0 Å². The molecule has 0 radical (unpaired) electrons. The predicted octanol–water partition coefficient (Wildman–Crippen LogP) is 1.37. The zero-order chi connectivity index (χ0) is 6.41. The minimum atomic E-state index is -2.22. The minimum absolute atomic E-state index is 0.166. The van der Waals surface area contributed by atoms with Gasteiger partial charge in [0.2, 0.25) is 6.43 Å². The quantitative estimate of drug-likeness (QED) is 0.594. The standard InChI is InChI=1S/C5H9F2N/c1-8-4-2-3-5(6)7/h2,4-5,8H,3H2,1H3/b4-2-. The van der Waals surface area contributed by atoms with E-state index in [4.69, 9.17) is 0 Å². The van der Waals surface area contributed by atoms with Gasteiger partial charge in [0, 0.05) is 13.5 Å². The lowest BCUT2D eigenvalue weighted by atomic mass is 10.4. The molecule has 0 aromatic heterocycles. The molecule has 0 rings (SSSR count). The molecule has 0 unspecified atom stereocenters. The smallest absolute Gasteiger partial charge is 0.242 e. The summed E-state index contributed by atoms with van der Waals surface area (Å²) in [6, 6.07) is 0. The number of hydrogen-bond acceptors (Lipinski definition) is 1. The molecular formula is C5H9F2N. The largest absolute Gasteiger partial charge is 0.394 e. The second kappa shape index (κ2) is 4.56. The SMILES string of the molecule is CN/C=C\CC(F)F. The third-order valence-corrected chi connectivity index (χ3v) is 0.599. The first-order valence-electron chi connectivity index (χ1n) is 2.37. The van der Waals surface area contributed by atoms with E-state index < -0.39 is 6.43 Å². The lowest BCUT2D eigenvalue weighted by Gasteiger charge is -1.88. The van der Waals surface area contributed by atoms with Crippen LogP contribution in [-0.4, -0.2) is 13.5 Å². The first-order chi connectivity index (χ1) is 3.77. The zero-order valence-corrected chi connectivity index (χ0v) is 4.70. The maximum atomic E-state index is 11.3. The summed E-state index contributed by atoms with van der Waals surface area (Å²) in [5, 5.41) is 2.61. The molecule has 0 aromatic rings. The van der Waals surface area contributed by atoms with Gasteiger partial charge in [0.1, 0.15) is 0 Å². The predicted molar refractivity (Wildman–Crippen MR) is 28.8 cm³/mol. The summed E-state index contributed by atoms with van der Waals surface area (Å²) in [7, 11) is 1.67. The first-order valence-corrected chi connectivity index (χ1v) is 2.37. The van der Waals surface area contributed by atoms with Crippen LogP contribution in [0.5, 0.6) is 0 Å². The van der Waals surface area contributed by atoms with Gasteiger partial charge in [-0.1, -0.05) is 6.08 Å². The third-order valence-electron chi connectivity index (χ3n) is 0.599. The molecule has 0 atom stereocenters. The summed E-state index contributed by atoms with van der Waals surface area (Å²) in [5.74, 6) is 0. The Morgan fingerprint density at radius 1 is 1.62 bits per heavy atom. The Labute approximate surface area is 47.4 Å². The number of halogens is 2. The second-order valence-electron chi connectivity index (χ2n) is 1.32. The van der Waals surface area contributed by atoms with E-state index in [1.807, 2.05) is 0 Å². The maximum Gasteiger partial charge on any atom is 0.242 e. The van der Waals surface area contributed by atoms with Gasteiger partial charge in [-0.15, -0.1) is 0 Å². The maximum absolute atomic E-state index is 11.3. The lowest BCUT2D eigenvalue weighted by molar-refractivity contribution is 0.152. The van der Waals surface area contributed by atoms with Gasteiger partial charge in [0.25, 0.3) is 0 Å². The van der Waals surface area contributed by atoms with Crippen LogP contribution < -0.4 is 5.32 Å². The molecule has 0 bridgehead atoms. The van der Waals surface area contributed by atoms with Crippen LogP contribution >= 0.6 is 0 Å². The van der Waals surface area contributed by atoms with Crippen LogP contribution in [0.15, 0.2) is 12.3 Å².